The van der Waals surface area contributed by atoms with Crippen LogP contribution < -0.4 is 4.72 Å². The van der Waals surface area contributed by atoms with Crippen LogP contribution in [-0.2, 0) is 21.4 Å². The molecule has 7 nitrogen and oxygen atoms in total. The summed E-state index contributed by atoms with van der Waals surface area (Å²) < 4.78 is 35.8. The van der Waals surface area contributed by atoms with Crippen molar-refractivity contribution in [1.29, 1.82) is 0 Å². The van der Waals surface area contributed by atoms with Crippen molar-refractivity contribution in [3.05, 3.63) is 71.6 Å². The third kappa shape index (κ3) is 4.95. The molecule has 0 aliphatic rings. The van der Waals surface area contributed by atoms with Crippen LogP contribution in [0.5, 0.6) is 0 Å². The average Bonchev–Trinajstić information content (AvgIpc) is 3.08. The summed E-state index contributed by atoms with van der Waals surface area (Å²) in [5.74, 6) is -0.234. The van der Waals surface area contributed by atoms with E-state index >= 15 is 0 Å². The number of aromatic nitrogens is 1. The highest BCUT2D eigenvalue weighted by Crippen LogP contribution is 2.21. The van der Waals surface area contributed by atoms with Crippen molar-refractivity contribution in [3.8, 4) is 11.5 Å². The molecule has 1 aromatic heterocycles. The minimum atomic E-state index is -3.52. The van der Waals surface area contributed by atoms with Gasteiger partial charge in [-0.25, -0.2) is 18.2 Å². The highest BCUT2D eigenvalue weighted by atomic mass is 32.2. The first-order chi connectivity index (χ1) is 12.8. The predicted molar refractivity (Wildman–Crippen MR) is 101 cm³/mol. The van der Waals surface area contributed by atoms with Crippen molar-refractivity contribution in [3.63, 3.8) is 0 Å². The van der Waals surface area contributed by atoms with Crippen LogP contribution in [-0.4, -0.2) is 25.6 Å². The van der Waals surface area contributed by atoms with E-state index in [0.29, 0.717) is 11.6 Å². The lowest BCUT2D eigenvalue weighted by Crippen LogP contribution is -2.14. The van der Waals surface area contributed by atoms with Crippen molar-refractivity contribution < 1.29 is 22.4 Å². The number of rotatable bonds is 6. The monoisotopic (exact) mass is 386 g/mol. The Hall–Kier alpha value is -3.13. The fourth-order valence-electron chi connectivity index (χ4n) is 2.37. The Kier molecular flexibility index (Phi) is 5.27. The van der Waals surface area contributed by atoms with Crippen molar-refractivity contribution in [2.75, 3.05) is 11.0 Å². The van der Waals surface area contributed by atoms with Gasteiger partial charge in [0, 0.05) is 5.56 Å². The van der Waals surface area contributed by atoms with Gasteiger partial charge in [0.25, 0.3) is 0 Å². The summed E-state index contributed by atoms with van der Waals surface area (Å²) in [6.07, 6.45) is 2.43. The Morgan fingerprint density at radius 1 is 1.15 bits per heavy atom. The molecule has 0 fully saturated rings. The molecule has 1 N–H and O–H groups in total. The number of aryl methyl sites for hydroxylation is 1. The molecule has 3 rings (SSSR count). The molecule has 0 saturated carbocycles. The molecule has 27 heavy (non-hydrogen) atoms. The lowest BCUT2D eigenvalue weighted by molar-refractivity contribution is 0.0469. The van der Waals surface area contributed by atoms with Gasteiger partial charge in [0.1, 0.15) is 18.6 Å². The van der Waals surface area contributed by atoms with Gasteiger partial charge in [-0.15, -0.1) is 0 Å². The minimum absolute atomic E-state index is 0.0958. The Morgan fingerprint density at radius 2 is 1.85 bits per heavy atom. The van der Waals surface area contributed by atoms with Crippen LogP contribution in [0.2, 0.25) is 0 Å². The number of carbonyl (C=O) groups is 1. The number of hydrogen-bond donors (Lipinski definition) is 1. The Balaban J connectivity index is 1.69. The fourth-order valence-corrected chi connectivity index (χ4v) is 2.95. The quantitative estimate of drug-likeness (QED) is 0.652. The molecule has 0 aliphatic carbocycles. The van der Waals surface area contributed by atoms with Gasteiger partial charge >= 0.3 is 5.97 Å². The van der Waals surface area contributed by atoms with E-state index in [1.54, 1.807) is 12.1 Å². The van der Waals surface area contributed by atoms with E-state index in [-0.39, 0.29) is 17.9 Å². The van der Waals surface area contributed by atoms with E-state index in [0.717, 1.165) is 17.4 Å². The largest absolute Gasteiger partial charge is 0.455 e. The molecule has 3 aromatic rings. The van der Waals surface area contributed by atoms with Crippen LogP contribution in [0.15, 0.2) is 59.2 Å². The molecule has 1 heterocycles. The molecule has 0 amide bonds. The highest BCUT2D eigenvalue weighted by molar-refractivity contribution is 7.92. The van der Waals surface area contributed by atoms with Crippen LogP contribution >= 0.6 is 0 Å². The van der Waals surface area contributed by atoms with Gasteiger partial charge in [0.2, 0.25) is 15.9 Å². The van der Waals surface area contributed by atoms with Crippen LogP contribution in [0.25, 0.3) is 11.5 Å². The SMILES string of the molecule is Cc1ccc(-c2nc(COC(=O)c3ccccc3NS(C)(=O)=O)co2)cc1. The number of hydrogen-bond acceptors (Lipinski definition) is 6. The standard InChI is InChI=1S/C19H18N2O5S/c1-13-7-9-14(10-8-13)18-20-15(11-25-18)12-26-19(22)16-5-3-4-6-17(16)21-27(2,23)24/h3-11,21H,12H2,1-2H3. The first-order valence-corrected chi connectivity index (χ1v) is 9.96. The first kappa shape index (κ1) is 18.7. The molecule has 0 radical (unpaired) electrons. The maximum atomic E-state index is 12.3. The fraction of sp³-hybridized carbons (Fsp3) is 0.158. The summed E-state index contributed by atoms with van der Waals surface area (Å²) in [6.45, 7) is 1.89. The van der Waals surface area contributed by atoms with Gasteiger partial charge in [-0.05, 0) is 31.2 Å². The number of nitrogens with zero attached hydrogens (tertiary/aromatic N) is 1. The van der Waals surface area contributed by atoms with Crippen LogP contribution in [0, 0.1) is 6.92 Å². The molecular weight excluding hydrogens is 368 g/mol. The average molecular weight is 386 g/mol. The summed E-state index contributed by atoms with van der Waals surface area (Å²) in [4.78, 5) is 16.6. The van der Waals surface area contributed by atoms with E-state index in [1.165, 1.54) is 18.4 Å². The number of nitrogens with one attached hydrogen (secondary N) is 1. The third-order valence-corrected chi connectivity index (χ3v) is 4.23. The van der Waals surface area contributed by atoms with Gasteiger partial charge in [-0.1, -0.05) is 29.8 Å². The number of benzene rings is 2. The number of anilines is 1. The third-order valence-electron chi connectivity index (χ3n) is 3.64. The maximum absolute atomic E-state index is 12.3. The summed E-state index contributed by atoms with van der Waals surface area (Å²) in [5.41, 5.74) is 2.67. The second kappa shape index (κ2) is 7.63. The number of esters is 1. The summed E-state index contributed by atoms with van der Waals surface area (Å²) in [5, 5.41) is 0. The normalized spacial score (nSPS) is 11.2. The van der Waals surface area contributed by atoms with Gasteiger partial charge in [0.15, 0.2) is 0 Å². The van der Waals surface area contributed by atoms with E-state index in [4.69, 9.17) is 9.15 Å². The lowest BCUT2D eigenvalue weighted by Gasteiger charge is -2.09. The molecule has 0 spiro atoms. The topological polar surface area (TPSA) is 98.5 Å². The van der Waals surface area contributed by atoms with Gasteiger partial charge in [0.05, 0.1) is 17.5 Å². The lowest BCUT2D eigenvalue weighted by atomic mass is 10.1. The van der Waals surface area contributed by atoms with E-state index in [2.05, 4.69) is 9.71 Å². The van der Waals surface area contributed by atoms with Gasteiger partial charge in [-0.3, -0.25) is 4.72 Å². The zero-order chi connectivity index (χ0) is 19.4. The van der Waals surface area contributed by atoms with Crippen LogP contribution in [0.3, 0.4) is 0 Å². The van der Waals surface area contributed by atoms with E-state index in [1.807, 2.05) is 31.2 Å². The van der Waals surface area contributed by atoms with Gasteiger partial charge < -0.3 is 9.15 Å². The molecule has 0 bridgehead atoms. The highest BCUT2D eigenvalue weighted by Gasteiger charge is 2.16. The van der Waals surface area contributed by atoms with Crippen molar-refractivity contribution >= 4 is 21.7 Å². The van der Waals surface area contributed by atoms with Crippen molar-refractivity contribution in [1.82, 2.24) is 4.98 Å². The molecule has 0 unspecified atom stereocenters. The zero-order valence-corrected chi connectivity index (χ0v) is 15.6. The smallest absolute Gasteiger partial charge is 0.340 e. The van der Waals surface area contributed by atoms with Crippen LogP contribution in [0.1, 0.15) is 21.6 Å². The second-order valence-corrected chi connectivity index (χ2v) is 7.75. The Labute approximate surface area is 157 Å². The maximum Gasteiger partial charge on any atom is 0.340 e. The zero-order valence-electron chi connectivity index (χ0n) is 14.8. The van der Waals surface area contributed by atoms with E-state index in [9.17, 15) is 13.2 Å². The molecule has 2 aromatic carbocycles. The molecule has 8 heteroatoms. The molecular formula is C19H18N2O5S. The number of para-hydroxylation sites is 1. The second-order valence-electron chi connectivity index (χ2n) is 6.01. The minimum Gasteiger partial charge on any atom is -0.455 e. The Morgan fingerprint density at radius 3 is 2.56 bits per heavy atom. The molecule has 0 atom stereocenters. The predicted octanol–water partition coefficient (Wildman–Crippen LogP) is 3.38. The van der Waals surface area contributed by atoms with Crippen molar-refractivity contribution in [2.45, 2.75) is 13.5 Å². The first-order valence-electron chi connectivity index (χ1n) is 8.07. The molecule has 0 aliphatic heterocycles. The molecule has 0 saturated heterocycles. The summed E-state index contributed by atoms with van der Waals surface area (Å²) >= 11 is 0. The number of carbonyl (C=O) groups excluding carboxylic acids is 1. The van der Waals surface area contributed by atoms with Gasteiger partial charge in [-0.2, -0.15) is 0 Å². The van der Waals surface area contributed by atoms with Crippen LogP contribution in [0.4, 0.5) is 5.69 Å². The number of ether oxygens (including phenoxy) is 1. The molecule has 140 valence electrons. The van der Waals surface area contributed by atoms with Crippen molar-refractivity contribution in [2.24, 2.45) is 0 Å². The summed E-state index contributed by atoms with van der Waals surface area (Å²) in [7, 11) is -3.52. The number of oxazole rings is 1. The Bertz CT molecular complexity index is 1060. The summed E-state index contributed by atoms with van der Waals surface area (Å²) in [6, 6.07) is 13.9. The number of sulfonamides is 1. The van der Waals surface area contributed by atoms with E-state index < -0.39 is 16.0 Å².